The summed E-state index contributed by atoms with van der Waals surface area (Å²) in [6.07, 6.45) is 1.67. The van der Waals surface area contributed by atoms with E-state index in [2.05, 4.69) is 0 Å². The SMILES string of the molecule is CCCCC(=O)N(Cc1ccc2c(c1)OCCO2)c1cc(C#N)c(F)cc1F. The first-order valence-electron chi connectivity index (χ1n) is 9.11. The number of nitriles is 1. The van der Waals surface area contributed by atoms with Crippen molar-refractivity contribution < 1.29 is 23.0 Å². The summed E-state index contributed by atoms with van der Waals surface area (Å²) in [7, 11) is 0. The number of halogens is 2. The van der Waals surface area contributed by atoms with Gasteiger partial charge in [0.2, 0.25) is 5.91 Å². The van der Waals surface area contributed by atoms with Gasteiger partial charge in [0.05, 0.1) is 17.8 Å². The average molecular weight is 386 g/mol. The van der Waals surface area contributed by atoms with Gasteiger partial charge in [-0.15, -0.1) is 0 Å². The van der Waals surface area contributed by atoms with Crippen LogP contribution in [0.25, 0.3) is 0 Å². The van der Waals surface area contributed by atoms with Crippen LogP contribution in [0.5, 0.6) is 11.5 Å². The molecule has 7 heteroatoms. The number of benzene rings is 2. The molecule has 146 valence electrons. The number of unbranched alkanes of at least 4 members (excludes halogenated alkanes) is 1. The Bertz CT molecular complexity index is 925. The number of carbonyl (C=O) groups is 1. The van der Waals surface area contributed by atoms with Gasteiger partial charge in [0, 0.05) is 12.5 Å². The number of anilines is 1. The van der Waals surface area contributed by atoms with E-state index >= 15 is 0 Å². The lowest BCUT2D eigenvalue weighted by atomic mass is 10.1. The van der Waals surface area contributed by atoms with Crippen molar-refractivity contribution >= 4 is 11.6 Å². The molecule has 28 heavy (non-hydrogen) atoms. The largest absolute Gasteiger partial charge is 0.486 e. The molecule has 0 saturated carbocycles. The smallest absolute Gasteiger partial charge is 0.227 e. The fraction of sp³-hybridized carbons (Fsp3) is 0.333. The summed E-state index contributed by atoms with van der Waals surface area (Å²) in [5.74, 6) is -0.977. The molecule has 0 aromatic heterocycles. The van der Waals surface area contributed by atoms with E-state index in [1.165, 1.54) is 4.90 Å². The van der Waals surface area contributed by atoms with Crippen LogP contribution < -0.4 is 14.4 Å². The Morgan fingerprint density at radius 3 is 2.61 bits per heavy atom. The van der Waals surface area contributed by atoms with Gasteiger partial charge >= 0.3 is 0 Å². The van der Waals surface area contributed by atoms with E-state index in [-0.39, 0.29) is 30.1 Å². The zero-order chi connectivity index (χ0) is 20.1. The highest BCUT2D eigenvalue weighted by Crippen LogP contribution is 2.32. The minimum Gasteiger partial charge on any atom is -0.486 e. The molecule has 3 rings (SSSR count). The highest BCUT2D eigenvalue weighted by atomic mass is 19.1. The molecule has 5 nitrogen and oxygen atoms in total. The first-order valence-corrected chi connectivity index (χ1v) is 9.11. The normalized spacial score (nSPS) is 12.4. The molecule has 0 aliphatic carbocycles. The highest BCUT2D eigenvalue weighted by molar-refractivity contribution is 5.93. The van der Waals surface area contributed by atoms with Crippen LogP contribution in [-0.2, 0) is 11.3 Å². The Balaban J connectivity index is 1.96. The monoisotopic (exact) mass is 386 g/mol. The number of rotatable bonds is 6. The average Bonchev–Trinajstić information content (AvgIpc) is 2.70. The molecule has 0 atom stereocenters. The Kier molecular flexibility index (Phi) is 6.09. The Morgan fingerprint density at radius 1 is 1.14 bits per heavy atom. The standard InChI is InChI=1S/C21H20F2N2O3/c1-2-3-4-21(26)25(18-10-15(12-24)16(22)11-17(18)23)13-14-5-6-19-20(9-14)28-8-7-27-19/h5-6,9-11H,2-4,7-8,13H2,1H3. The van der Waals surface area contributed by atoms with Crippen LogP contribution in [0.1, 0.15) is 37.3 Å². The van der Waals surface area contributed by atoms with Gasteiger partial charge in [0.25, 0.3) is 0 Å². The van der Waals surface area contributed by atoms with Crippen LogP contribution in [0.4, 0.5) is 14.5 Å². The zero-order valence-corrected chi connectivity index (χ0v) is 15.5. The van der Waals surface area contributed by atoms with Crippen LogP contribution in [0.15, 0.2) is 30.3 Å². The lowest BCUT2D eigenvalue weighted by molar-refractivity contribution is -0.118. The maximum Gasteiger partial charge on any atom is 0.227 e. The molecule has 0 saturated heterocycles. The summed E-state index contributed by atoms with van der Waals surface area (Å²) in [6, 6.07) is 8.64. The number of nitrogens with zero attached hydrogens (tertiary/aromatic N) is 2. The summed E-state index contributed by atoms with van der Waals surface area (Å²) < 4.78 is 39.2. The second kappa shape index (κ2) is 8.70. The lowest BCUT2D eigenvalue weighted by Crippen LogP contribution is -2.31. The minimum absolute atomic E-state index is 0.0621. The molecule has 0 radical (unpaired) electrons. The summed E-state index contributed by atoms with van der Waals surface area (Å²) in [6.45, 7) is 2.90. The number of hydrogen-bond donors (Lipinski definition) is 0. The molecule has 1 amide bonds. The number of ether oxygens (including phenoxy) is 2. The Labute approximate surface area is 162 Å². The molecular formula is C21H20F2N2O3. The van der Waals surface area contributed by atoms with Gasteiger partial charge in [0.1, 0.15) is 30.9 Å². The van der Waals surface area contributed by atoms with Crippen LogP contribution >= 0.6 is 0 Å². The molecule has 0 fully saturated rings. The molecule has 1 heterocycles. The van der Waals surface area contributed by atoms with Gasteiger partial charge in [-0.2, -0.15) is 5.26 Å². The van der Waals surface area contributed by atoms with Gasteiger partial charge in [-0.3, -0.25) is 4.79 Å². The molecule has 0 spiro atoms. The molecule has 1 aliphatic rings. The molecule has 1 aliphatic heterocycles. The van der Waals surface area contributed by atoms with Gasteiger partial charge in [0.15, 0.2) is 11.5 Å². The maximum absolute atomic E-state index is 14.5. The predicted octanol–water partition coefficient (Wildman–Crippen LogP) is 4.33. The van der Waals surface area contributed by atoms with Gasteiger partial charge in [-0.1, -0.05) is 19.4 Å². The third-order valence-corrected chi connectivity index (χ3v) is 4.44. The van der Waals surface area contributed by atoms with E-state index in [9.17, 15) is 13.6 Å². The van der Waals surface area contributed by atoms with Crippen molar-refractivity contribution in [1.82, 2.24) is 0 Å². The molecule has 0 N–H and O–H groups in total. The first-order chi connectivity index (χ1) is 13.5. The summed E-state index contributed by atoms with van der Waals surface area (Å²) in [5.41, 5.74) is 0.275. The van der Waals surface area contributed by atoms with E-state index in [0.29, 0.717) is 42.8 Å². The second-order valence-corrected chi connectivity index (χ2v) is 6.46. The molecular weight excluding hydrogens is 366 g/mol. The topological polar surface area (TPSA) is 62.6 Å². The summed E-state index contributed by atoms with van der Waals surface area (Å²) >= 11 is 0. The van der Waals surface area contributed by atoms with E-state index in [1.54, 1.807) is 24.3 Å². The number of hydrogen-bond acceptors (Lipinski definition) is 4. The number of carbonyl (C=O) groups excluding carboxylic acids is 1. The van der Waals surface area contributed by atoms with Crippen LogP contribution in [0, 0.1) is 23.0 Å². The summed E-state index contributed by atoms with van der Waals surface area (Å²) in [4.78, 5) is 14.0. The van der Waals surface area contributed by atoms with Gasteiger partial charge < -0.3 is 14.4 Å². The minimum atomic E-state index is -0.955. The maximum atomic E-state index is 14.5. The molecule has 0 unspecified atom stereocenters. The van der Waals surface area contributed by atoms with E-state index in [4.69, 9.17) is 14.7 Å². The first kappa shape index (κ1) is 19.6. The van der Waals surface area contributed by atoms with Gasteiger partial charge in [-0.25, -0.2) is 8.78 Å². The third-order valence-electron chi connectivity index (χ3n) is 4.44. The van der Waals surface area contributed by atoms with Crippen molar-refractivity contribution in [3.63, 3.8) is 0 Å². The van der Waals surface area contributed by atoms with Crippen molar-refractivity contribution in [1.29, 1.82) is 5.26 Å². The molecule has 0 bridgehead atoms. The molecule has 2 aromatic rings. The van der Waals surface area contributed by atoms with E-state index in [1.807, 2.05) is 6.92 Å². The van der Waals surface area contributed by atoms with Crippen molar-refractivity contribution in [2.45, 2.75) is 32.7 Å². The predicted molar refractivity (Wildman–Crippen MR) is 99.2 cm³/mol. The summed E-state index contributed by atoms with van der Waals surface area (Å²) in [5, 5.41) is 9.07. The second-order valence-electron chi connectivity index (χ2n) is 6.46. The zero-order valence-electron chi connectivity index (χ0n) is 15.5. The highest BCUT2D eigenvalue weighted by Gasteiger charge is 2.22. The Morgan fingerprint density at radius 2 is 1.89 bits per heavy atom. The van der Waals surface area contributed by atoms with Crippen molar-refractivity contribution in [2.75, 3.05) is 18.1 Å². The van der Waals surface area contributed by atoms with Crippen LogP contribution in [0.2, 0.25) is 0 Å². The van der Waals surface area contributed by atoms with Crippen molar-refractivity contribution in [2.24, 2.45) is 0 Å². The fourth-order valence-electron chi connectivity index (χ4n) is 2.97. The van der Waals surface area contributed by atoms with E-state index < -0.39 is 11.6 Å². The van der Waals surface area contributed by atoms with Crippen molar-refractivity contribution in [3.8, 4) is 17.6 Å². The van der Waals surface area contributed by atoms with E-state index in [0.717, 1.165) is 12.5 Å². The van der Waals surface area contributed by atoms with Gasteiger partial charge in [-0.05, 0) is 30.2 Å². The van der Waals surface area contributed by atoms with Crippen molar-refractivity contribution in [3.05, 3.63) is 53.1 Å². The quantitative estimate of drug-likeness (QED) is 0.741. The third kappa shape index (κ3) is 4.22. The Hall–Kier alpha value is -3.14. The van der Waals surface area contributed by atoms with Crippen LogP contribution in [0.3, 0.4) is 0 Å². The fourth-order valence-corrected chi connectivity index (χ4v) is 2.97. The van der Waals surface area contributed by atoms with Crippen LogP contribution in [-0.4, -0.2) is 19.1 Å². The molecule has 2 aromatic carbocycles. The number of amides is 1. The lowest BCUT2D eigenvalue weighted by Gasteiger charge is -2.25. The number of fused-ring (bicyclic) bond motifs is 1.